The van der Waals surface area contributed by atoms with E-state index in [9.17, 15) is 4.79 Å². The maximum Gasteiger partial charge on any atom is 0.253 e. The molecular formula is C23H33ClN4O3. The molecule has 1 amide bonds. The molecule has 3 aliphatic rings. The number of morpholine rings is 1. The first-order valence-corrected chi connectivity index (χ1v) is 11.4. The SMILES string of the molecule is CC[C@@H]1NCCOC1c1nc2c(C(=O)NC3CC4CCCC(C3)N4C)cccc2o1.Cl. The first kappa shape index (κ1) is 22.5. The van der Waals surface area contributed by atoms with Gasteiger partial charge in [0, 0.05) is 30.7 Å². The lowest BCUT2D eigenvalue weighted by atomic mass is 9.82. The topological polar surface area (TPSA) is 79.6 Å². The minimum atomic E-state index is -0.222. The van der Waals surface area contributed by atoms with Gasteiger partial charge in [0.25, 0.3) is 5.91 Å². The summed E-state index contributed by atoms with van der Waals surface area (Å²) in [5.74, 6) is 0.501. The van der Waals surface area contributed by atoms with Crippen LogP contribution in [-0.2, 0) is 4.74 Å². The summed E-state index contributed by atoms with van der Waals surface area (Å²) in [4.78, 5) is 20.4. The van der Waals surface area contributed by atoms with E-state index in [0.717, 1.165) is 25.8 Å². The van der Waals surface area contributed by atoms with Crippen molar-refractivity contribution >= 4 is 29.4 Å². The van der Waals surface area contributed by atoms with Crippen molar-refractivity contribution in [2.45, 2.75) is 75.7 Å². The quantitative estimate of drug-likeness (QED) is 0.745. The summed E-state index contributed by atoms with van der Waals surface area (Å²) in [5, 5.41) is 6.76. The molecule has 5 rings (SSSR count). The number of ether oxygens (including phenoxy) is 1. The monoisotopic (exact) mass is 448 g/mol. The Morgan fingerprint density at radius 1 is 1.29 bits per heavy atom. The van der Waals surface area contributed by atoms with Crippen LogP contribution in [0.2, 0.25) is 0 Å². The highest BCUT2D eigenvalue weighted by Gasteiger charge is 2.37. The summed E-state index contributed by atoms with van der Waals surface area (Å²) in [5.41, 5.74) is 1.85. The van der Waals surface area contributed by atoms with Crippen LogP contribution in [0.3, 0.4) is 0 Å². The number of aromatic nitrogens is 1. The average molecular weight is 449 g/mol. The fourth-order valence-electron chi connectivity index (χ4n) is 5.52. The van der Waals surface area contributed by atoms with Crippen LogP contribution in [0.4, 0.5) is 0 Å². The van der Waals surface area contributed by atoms with E-state index < -0.39 is 0 Å². The van der Waals surface area contributed by atoms with Gasteiger partial charge in [0.15, 0.2) is 5.58 Å². The third-order valence-corrected chi connectivity index (χ3v) is 7.21. The molecule has 1 aromatic heterocycles. The Bertz CT molecular complexity index is 905. The van der Waals surface area contributed by atoms with Crippen LogP contribution in [-0.4, -0.2) is 60.2 Å². The second-order valence-corrected chi connectivity index (χ2v) is 9.01. The van der Waals surface area contributed by atoms with Crippen LogP contribution in [0.25, 0.3) is 11.1 Å². The Kier molecular flexibility index (Phi) is 6.86. The predicted molar refractivity (Wildman–Crippen MR) is 122 cm³/mol. The maximum absolute atomic E-state index is 13.2. The Morgan fingerprint density at radius 3 is 2.81 bits per heavy atom. The molecule has 7 nitrogen and oxygen atoms in total. The first-order valence-electron chi connectivity index (χ1n) is 11.4. The number of nitrogens with one attached hydrogen (secondary N) is 2. The molecule has 3 fully saturated rings. The van der Waals surface area contributed by atoms with Gasteiger partial charge in [-0.15, -0.1) is 12.4 Å². The minimum Gasteiger partial charge on any atom is -0.438 e. The molecule has 0 spiro atoms. The van der Waals surface area contributed by atoms with Crippen LogP contribution < -0.4 is 10.6 Å². The number of nitrogens with zero attached hydrogens (tertiary/aromatic N) is 2. The smallest absolute Gasteiger partial charge is 0.253 e. The number of hydrogen-bond donors (Lipinski definition) is 2. The number of carbonyl (C=O) groups is 1. The highest BCUT2D eigenvalue weighted by Crippen LogP contribution is 2.33. The van der Waals surface area contributed by atoms with E-state index in [2.05, 4.69) is 29.5 Å². The zero-order valence-corrected chi connectivity index (χ0v) is 19.1. The Hall–Kier alpha value is -1.67. The van der Waals surface area contributed by atoms with Crippen molar-refractivity contribution in [3.8, 4) is 0 Å². The number of halogens is 1. The van der Waals surface area contributed by atoms with Crippen LogP contribution in [0.15, 0.2) is 22.6 Å². The fourth-order valence-corrected chi connectivity index (χ4v) is 5.52. The van der Waals surface area contributed by atoms with Crippen molar-refractivity contribution in [3.63, 3.8) is 0 Å². The molecule has 3 aliphatic heterocycles. The van der Waals surface area contributed by atoms with Gasteiger partial charge in [-0.3, -0.25) is 4.79 Å². The van der Waals surface area contributed by atoms with E-state index >= 15 is 0 Å². The Labute approximate surface area is 189 Å². The minimum absolute atomic E-state index is 0. The van der Waals surface area contributed by atoms with Crippen molar-refractivity contribution in [3.05, 3.63) is 29.7 Å². The summed E-state index contributed by atoms with van der Waals surface area (Å²) in [6, 6.07) is 7.14. The number of fused-ring (bicyclic) bond motifs is 3. The van der Waals surface area contributed by atoms with E-state index in [-0.39, 0.29) is 36.5 Å². The summed E-state index contributed by atoms with van der Waals surface area (Å²) < 4.78 is 12.0. The molecule has 3 saturated heterocycles. The van der Waals surface area contributed by atoms with E-state index in [1.54, 1.807) is 0 Å². The van der Waals surface area contributed by atoms with E-state index in [0.29, 0.717) is 41.2 Å². The molecule has 3 unspecified atom stereocenters. The standard InChI is InChI=1S/C23H32N4O3.ClH/c1-3-18-21(29-11-10-24-18)23-26-20-17(8-5-9-19(20)30-23)22(28)25-14-12-15-6-4-7-16(13-14)27(15)2;/h5,8-9,14-16,18,21,24H,3-4,6-7,10-13H2,1-2H3,(H,25,28);1H/t14?,15?,16?,18-,21?;/m0./s1. The Balaban J connectivity index is 0.00000231. The molecule has 2 aromatic rings. The number of para-hydroxylation sites is 1. The van der Waals surface area contributed by atoms with Gasteiger partial charge in [-0.1, -0.05) is 19.4 Å². The molecule has 1 aromatic carbocycles. The van der Waals surface area contributed by atoms with Gasteiger partial charge in [-0.25, -0.2) is 4.98 Å². The number of piperidine rings is 2. The lowest BCUT2D eigenvalue weighted by Gasteiger charge is -2.47. The normalized spacial score (nSPS) is 31.2. The lowest BCUT2D eigenvalue weighted by Crippen LogP contribution is -2.55. The van der Waals surface area contributed by atoms with E-state index in [4.69, 9.17) is 14.1 Å². The lowest BCUT2D eigenvalue weighted by molar-refractivity contribution is -0.0211. The number of rotatable bonds is 4. The molecule has 2 N–H and O–H groups in total. The average Bonchev–Trinajstić information content (AvgIpc) is 3.18. The van der Waals surface area contributed by atoms with E-state index in [1.165, 1.54) is 19.3 Å². The largest absolute Gasteiger partial charge is 0.438 e. The molecule has 0 aliphatic carbocycles. The van der Waals surface area contributed by atoms with Gasteiger partial charge in [-0.2, -0.15) is 0 Å². The third-order valence-electron chi connectivity index (χ3n) is 7.21. The summed E-state index contributed by atoms with van der Waals surface area (Å²) >= 11 is 0. The molecule has 4 atom stereocenters. The van der Waals surface area contributed by atoms with Crippen molar-refractivity contribution in [2.24, 2.45) is 0 Å². The summed E-state index contributed by atoms with van der Waals surface area (Å²) in [6.45, 7) is 3.59. The highest BCUT2D eigenvalue weighted by atomic mass is 35.5. The molecule has 8 heteroatoms. The summed E-state index contributed by atoms with van der Waals surface area (Å²) in [6.07, 6.45) is 6.52. The molecule has 0 saturated carbocycles. The van der Waals surface area contributed by atoms with Crippen LogP contribution in [0.5, 0.6) is 0 Å². The summed E-state index contributed by atoms with van der Waals surface area (Å²) in [7, 11) is 2.23. The number of amides is 1. The molecule has 31 heavy (non-hydrogen) atoms. The Morgan fingerprint density at radius 2 is 2.06 bits per heavy atom. The maximum atomic E-state index is 13.2. The molecule has 4 heterocycles. The number of benzene rings is 1. The van der Waals surface area contributed by atoms with Crippen LogP contribution >= 0.6 is 12.4 Å². The van der Waals surface area contributed by atoms with Crippen LogP contribution in [0.1, 0.15) is 67.8 Å². The van der Waals surface area contributed by atoms with Gasteiger partial charge >= 0.3 is 0 Å². The first-order chi connectivity index (χ1) is 14.6. The van der Waals surface area contributed by atoms with Crippen molar-refractivity contribution in [1.82, 2.24) is 20.5 Å². The van der Waals surface area contributed by atoms with Crippen LogP contribution in [0, 0.1) is 0 Å². The second-order valence-electron chi connectivity index (χ2n) is 9.01. The zero-order chi connectivity index (χ0) is 20.7. The van der Waals surface area contributed by atoms with Gasteiger partial charge in [0.1, 0.15) is 11.6 Å². The van der Waals surface area contributed by atoms with E-state index in [1.807, 2.05) is 18.2 Å². The molecule has 0 radical (unpaired) electrons. The molecule has 170 valence electrons. The number of oxazole rings is 1. The molecule has 2 bridgehead atoms. The predicted octanol–water partition coefficient (Wildman–Crippen LogP) is 3.43. The van der Waals surface area contributed by atoms with Crippen molar-refractivity contribution in [2.75, 3.05) is 20.2 Å². The van der Waals surface area contributed by atoms with Crippen molar-refractivity contribution < 1.29 is 13.9 Å². The fraction of sp³-hybridized carbons (Fsp3) is 0.652. The number of hydrogen-bond acceptors (Lipinski definition) is 6. The molecular weight excluding hydrogens is 416 g/mol. The van der Waals surface area contributed by atoms with Gasteiger partial charge < -0.3 is 24.7 Å². The van der Waals surface area contributed by atoms with Gasteiger partial charge in [0.05, 0.1) is 12.2 Å². The van der Waals surface area contributed by atoms with Gasteiger partial charge in [-0.05, 0) is 51.3 Å². The highest BCUT2D eigenvalue weighted by molar-refractivity contribution is 6.04. The second kappa shape index (κ2) is 9.45. The van der Waals surface area contributed by atoms with Gasteiger partial charge in [0.2, 0.25) is 5.89 Å². The zero-order valence-electron chi connectivity index (χ0n) is 18.3. The van der Waals surface area contributed by atoms with Crippen molar-refractivity contribution in [1.29, 1.82) is 0 Å². The number of carbonyl (C=O) groups excluding carboxylic acids is 1. The third kappa shape index (κ3) is 4.33.